The SMILES string of the molecule is [CH2]CCCCCCCCCCCCCCCOC(=O)C=CC. The maximum absolute atomic E-state index is 11.1. The van der Waals surface area contributed by atoms with Crippen LogP contribution < -0.4 is 0 Å². The summed E-state index contributed by atoms with van der Waals surface area (Å²) in [5.74, 6) is -0.214. The number of hydrogen-bond acceptors (Lipinski definition) is 2. The molecule has 22 heavy (non-hydrogen) atoms. The van der Waals surface area contributed by atoms with E-state index in [-0.39, 0.29) is 5.97 Å². The fourth-order valence-electron chi connectivity index (χ4n) is 2.58. The standard InChI is InChI=1S/C20H37O2/c1-3-5-6-7-8-9-10-11-12-13-14-15-16-17-19-22-20(21)18-4-2/h4,18H,1,3,5-17,19H2,2H3. The lowest BCUT2D eigenvalue weighted by Crippen LogP contribution is -2.01. The second kappa shape index (κ2) is 18.3. The van der Waals surface area contributed by atoms with Crippen molar-refractivity contribution in [3.63, 3.8) is 0 Å². The molecule has 0 bridgehead atoms. The molecule has 0 heterocycles. The van der Waals surface area contributed by atoms with Gasteiger partial charge < -0.3 is 4.74 Å². The third kappa shape index (κ3) is 17.3. The van der Waals surface area contributed by atoms with Gasteiger partial charge in [0.15, 0.2) is 0 Å². The molecule has 0 aromatic carbocycles. The van der Waals surface area contributed by atoms with Gasteiger partial charge in [-0.15, -0.1) is 0 Å². The van der Waals surface area contributed by atoms with Crippen LogP contribution in [0.1, 0.15) is 96.8 Å². The normalized spacial score (nSPS) is 11.2. The Morgan fingerprint density at radius 1 is 0.773 bits per heavy atom. The number of esters is 1. The van der Waals surface area contributed by atoms with Crippen LogP contribution >= 0.6 is 0 Å². The Kier molecular flexibility index (Phi) is 17.6. The molecular weight excluding hydrogens is 272 g/mol. The summed E-state index contributed by atoms with van der Waals surface area (Å²) in [6, 6.07) is 0. The molecule has 0 N–H and O–H groups in total. The monoisotopic (exact) mass is 309 g/mol. The third-order valence-corrected chi connectivity index (χ3v) is 3.94. The van der Waals surface area contributed by atoms with Gasteiger partial charge in [0, 0.05) is 6.08 Å². The molecule has 0 aliphatic heterocycles. The highest BCUT2D eigenvalue weighted by molar-refractivity contribution is 5.81. The summed E-state index contributed by atoms with van der Waals surface area (Å²) >= 11 is 0. The minimum absolute atomic E-state index is 0.214. The van der Waals surface area contributed by atoms with E-state index in [0.717, 1.165) is 12.8 Å². The lowest BCUT2D eigenvalue weighted by atomic mass is 10.0. The average molecular weight is 310 g/mol. The molecule has 2 nitrogen and oxygen atoms in total. The van der Waals surface area contributed by atoms with Crippen molar-refractivity contribution < 1.29 is 9.53 Å². The van der Waals surface area contributed by atoms with Crippen molar-refractivity contribution in [2.24, 2.45) is 0 Å². The van der Waals surface area contributed by atoms with Crippen LogP contribution in [0.3, 0.4) is 0 Å². The maximum atomic E-state index is 11.1. The Hall–Kier alpha value is -0.790. The fraction of sp³-hybridized carbons (Fsp3) is 0.800. The van der Waals surface area contributed by atoms with Crippen LogP contribution in [0.25, 0.3) is 0 Å². The van der Waals surface area contributed by atoms with Gasteiger partial charge in [0.05, 0.1) is 6.61 Å². The highest BCUT2D eigenvalue weighted by Crippen LogP contribution is 2.12. The van der Waals surface area contributed by atoms with Crippen molar-refractivity contribution >= 4 is 5.97 Å². The molecule has 0 aliphatic carbocycles. The summed E-state index contributed by atoms with van der Waals surface area (Å²) in [5.41, 5.74) is 0. The van der Waals surface area contributed by atoms with Gasteiger partial charge in [-0.3, -0.25) is 0 Å². The molecular formula is C20H37O2. The van der Waals surface area contributed by atoms with Gasteiger partial charge in [-0.2, -0.15) is 0 Å². The Morgan fingerprint density at radius 2 is 1.18 bits per heavy atom. The molecule has 2 heteroatoms. The zero-order valence-electron chi connectivity index (χ0n) is 14.8. The molecule has 0 aliphatic rings. The van der Waals surface area contributed by atoms with Crippen LogP contribution in [-0.4, -0.2) is 12.6 Å². The van der Waals surface area contributed by atoms with Crippen molar-refractivity contribution in [2.45, 2.75) is 96.8 Å². The number of carbonyl (C=O) groups is 1. The summed E-state index contributed by atoms with van der Waals surface area (Å²) in [6.07, 6.45) is 21.5. The fourth-order valence-corrected chi connectivity index (χ4v) is 2.58. The van der Waals surface area contributed by atoms with Crippen LogP contribution in [0.2, 0.25) is 0 Å². The van der Waals surface area contributed by atoms with Gasteiger partial charge in [-0.25, -0.2) is 4.79 Å². The Labute approximate surface area is 138 Å². The lowest BCUT2D eigenvalue weighted by Gasteiger charge is -2.04. The van der Waals surface area contributed by atoms with E-state index < -0.39 is 0 Å². The van der Waals surface area contributed by atoms with E-state index in [0.29, 0.717) is 6.61 Å². The minimum atomic E-state index is -0.214. The molecule has 0 fully saturated rings. The highest BCUT2D eigenvalue weighted by atomic mass is 16.5. The van der Waals surface area contributed by atoms with Gasteiger partial charge in [0.25, 0.3) is 0 Å². The predicted octanol–water partition coefficient (Wildman–Crippen LogP) is 6.40. The molecule has 0 spiro atoms. The van der Waals surface area contributed by atoms with Gasteiger partial charge in [0.2, 0.25) is 0 Å². The second-order valence-electron chi connectivity index (χ2n) is 6.12. The second-order valence-corrected chi connectivity index (χ2v) is 6.12. The first-order valence-electron chi connectivity index (χ1n) is 9.40. The molecule has 0 unspecified atom stereocenters. The van der Waals surface area contributed by atoms with E-state index in [2.05, 4.69) is 6.92 Å². The Bertz CT molecular complexity index is 258. The van der Waals surface area contributed by atoms with E-state index >= 15 is 0 Å². The molecule has 1 radical (unpaired) electrons. The number of carbonyl (C=O) groups excluding carboxylic acids is 1. The first-order chi connectivity index (χ1) is 10.8. The highest BCUT2D eigenvalue weighted by Gasteiger charge is 1.96. The van der Waals surface area contributed by atoms with E-state index in [1.165, 1.54) is 83.1 Å². The number of hydrogen-bond donors (Lipinski definition) is 0. The van der Waals surface area contributed by atoms with Crippen LogP contribution in [0.4, 0.5) is 0 Å². The molecule has 0 saturated carbocycles. The quantitative estimate of drug-likeness (QED) is 0.187. The van der Waals surface area contributed by atoms with E-state index in [9.17, 15) is 4.79 Å². The van der Waals surface area contributed by atoms with Crippen LogP contribution in [0, 0.1) is 6.92 Å². The number of allylic oxidation sites excluding steroid dienone is 1. The van der Waals surface area contributed by atoms with Crippen LogP contribution in [0.5, 0.6) is 0 Å². The molecule has 0 amide bonds. The summed E-state index contributed by atoms with van der Waals surface area (Å²) in [6.45, 7) is 6.27. The maximum Gasteiger partial charge on any atom is 0.330 e. The third-order valence-electron chi connectivity index (χ3n) is 3.94. The number of unbranched alkanes of at least 4 members (excludes halogenated alkanes) is 13. The van der Waals surface area contributed by atoms with E-state index in [4.69, 9.17) is 4.74 Å². The molecule has 0 atom stereocenters. The summed E-state index contributed by atoms with van der Waals surface area (Å²) < 4.78 is 5.06. The van der Waals surface area contributed by atoms with Gasteiger partial charge in [0.1, 0.15) is 0 Å². The summed E-state index contributed by atoms with van der Waals surface area (Å²) in [4.78, 5) is 11.1. The summed E-state index contributed by atoms with van der Waals surface area (Å²) in [7, 11) is 0. The van der Waals surface area contributed by atoms with Gasteiger partial charge >= 0.3 is 5.97 Å². The van der Waals surface area contributed by atoms with Gasteiger partial charge in [-0.1, -0.05) is 96.5 Å². The van der Waals surface area contributed by atoms with Crippen molar-refractivity contribution in [2.75, 3.05) is 6.61 Å². The largest absolute Gasteiger partial charge is 0.463 e. The smallest absolute Gasteiger partial charge is 0.330 e. The Morgan fingerprint density at radius 3 is 1.59 bits per heavy atom. The summed E-state index contributed by atoms with van der Waals surface area (Å²) in [5, 5.41) is 0. The van der Waals surface area contributed by atoms with Crippen molar-refractivity contribution in [3.05, 3.63) is 19.1 Å². The first kappa shape index (κ1) is 21.2. The number of ether oxygens (including phenoxy) is 1. The van der Waals surface area contributed by atoms with Crippen molar-refractivity contribution in [1.82, 2.24) is 0 Å². The molecule has 129 valence electrons. The molecule has 0 rings (SSSR count). The topological polar surface area (TPSA) is 26.3 Å². The van der Waals surface area contributed by atoms with Crippen molar-refractivity contribution in [1.29, 1.82) is 0 Å². The van der Waals surface area contributed by atoms with Gasteiger partial charge in [-0.05, 0) is 13.3 Å². The molecule has 0 saturated heterocycles. The van der Waals surface area contributed by atoms with E-state index in [1.54, 1.807) is 6.08 Å². The first-order valence-corrected chi connectivity index (χ1v) is 9.40. The molecule has 0 aromatic heterocycles. The van der Waals surface area contributed by atoms with Crippen LogP contribution in [0.15, 0.2) is 12.2 Å². The lowest BCUT2D eigenvalue weighted by molar-refractivity contribution is -0.137. The van der Waals surface area contributed by atoms with Crippen LogP contribution in [-0.2, 0) is 9.53 Å². The average Bonchev–Trinajstić information content (AvgIpc) is 2.51. The zero-order valence-corrected chi connectivity index (χ0v) is 14.8. The number of rotatable bonds is 16. The zero-order chi connectivity index (χ0) is 16.3. The van der Waals surface area contributed by atoms with E-state index in [1.807, 2.05) is 6.92 Å². The van der Waals surface area contributed by atoms with Crippen molar-refractivity contribution in [3.8, 4) is 0 Å². The predicted molar refractivity (Wildman–Crippen MR) is 95.8 cm³/mol. The Balaban J connectivity index is 3.04. The molecule has 0 aromatic rings. The minimum Gasteiger partial charge on any atom is -0.463 e.